The van der Waals surface area contributed by atoms with Crippen LogP contribution in [-0.2, 0) is 0 Å². The van der Waals surface area contributed by atoms with Crippen molar-refractivity contribution in [2.45, 2.75) is 6.92 Å². The molecular weight excluding hydrogens is 458 g/mol. The average Bonchev–Trinajstić information content (AvgIpc) is 3.43. The molecule has 0 atom stereocenters. The number of pyridine rings is 2. The summed E-state index contributed by atoms with van der Waals surface area (Å²) in [5.41, 5.74) is 6.57. The number of aryl methyl sites for hydroxylation is 1. The summed E-state index contributed by atoms with van der Waals surface area (Å²) in [7, 11) is 2.11. The van der Waals surface area contributed by atoms with Gasteiger partial charge in [0.1, 0.15) is 11.6 Å². The fourth-order valence-corrected chi connectivity index (χ4v) is 5.26. The van der Waals surface area contributed by atoms with Crippen LogP contribution in [0.1, 0.15) is 5.69 Å². The Balaban J connectivity index is 1.29. The third-order valence-electron chi connectivity index (χ3n) is 6.94. The first-order valence-electron chi connectivity index (χ1n) is 12.3. The molecule has 6 nitrogen and oxygen atoms in total. The van der Waals surface area contributed by atoms with Crippen LogP contribution in [-0.4, -0.2) is 28.3 Å². The van der Waals surface area contributed by atoms with E-state index >= 15 is 0 Å². The van der Waals surface area contributed by atoms with Gasteiger partial charge in [-0.05, 0) is 55.5 Å². The molecule has 0 saturated heterocycles. The van der Waals surface area contributed by atoms with E-state index in [1.54, 1.807) is 6.20 Å². The van der Waals surface area contributed by atoms with Crippen LogP contribution in [0.15, 0.2) is 103 Å². The molecule has 0 bridgehead atoms. The number of hydrogen-bond donors (Lipinski definition) is 0. The summed E-state index contributed by atoms with van der Waals surface area (Å²) in [5.74, 6) is 2.17. The van der Waals surface area contributed by atoms with Crippen LogP contribution < -0.4 is 14.5 Å². The molecule has 6 aromatic rings. The van der Waals surface area contributed by atoms with Crippen molar-refractivity contribution in [1.82, 2.24) is 14.5 Å². The Labute approximate surface area is 215 Å². The van der Waals surface area contributed by atoms with Gasteiger partial charge in [0, 0.05) is 47.5 Å². The predicted octanol–water partition coefficient (Wildman–Crippen LogP) is 7.22. The number of rotatable bonds is 4. The quantitative estimate of drug-likeness (QED) is 0.265. The standard InChI is InChI=1S/C31H25N5O/c1-21-8-7-13-30(33-21)36-26-10-4-3-9-24(26)25-15-14-23(19-29(25)36)37-31-18-22(16-17-32-31)35-20-34(2)27-11-5-6-12-28(27)35/h3-19H,20H2,1-2H3. The van der Waals surface area contributed by atoms with Gasteiger partial charge in [0.25, 0.3) is 0 Å². The Kier molecular flexibility index (Phi) is 4.86. The SMILES string of the molecule is Cc1cccc(-n2c3ccccc3c3ccc(Oc4cc(N5CN(C)c6ccccc65)ccn4)cc32)n1. The summed E-state index contributed by atoms with van der Waals surface area (Å²) in [6.07, 6.45) is 1.80. The smallest absolute Gasteiger partial charge is 0.221 e. The predicted molar refractivity (Wildman–Crippen MR) is 149 cm³/mol. The molecule has 0 spiro atoms. The van der Waals surface area contributed by atoms with Crippen LogP contribution in [0.3, 0.4) is 0 Å². The number of nitrogens with zero attached hydrogens (tertiary/aromatic N) is 5. The minimum absolute atomic E-state index is 0.556. The zero-order chi connectivity index (χ0) is 24.9. The Hall–Kier alpha value is -4.84. The molecule has 3 aromatic heterocycles. The average molecular weight is 484 g/mol. The zero-order valence-electron chi connectivity index (χ0n) is 20.7. The number of hydrogen-bond acceptors (Lipinski definition) is 5. The molecular formula is C31H25N5O. The van der Waals surface area contributed by atoms with Crippen LogP contribution in [0, 0.1) is 6.92 Å². The fourth-order valence-electron chi connectivity index (χ4n) is 5.26. The molecule has 0 saturated carbocycles. The van der Waals surface area contributed by atoms with Crippen molar-refractivity contribution in [3.05, 3.63) is 109 Å². The van der Waals surface area contributed by atoms with E-state index in [2.05, 4.69) is 87.1 Å². The molecule has 1 aliphatic heterocycles. The first kappa shape index (κ1) is 21.4. The molecule has 0 amide bonds. The molecule has 0 aliphatic carbocycles. The van der Waals surface area contributed by atoms with Gasteiger partial charge in [0.15, 0.2) is 0 Å². The Morgan fingerprint density at radius 3 is 2.46 bits per heavy atom. The van der Waals surface area contributed by atoms with Crippen molar-refractivity contribution in [1.29, 1.82) is 0 Å². The van der Waals surface area contributed by atoms with Crippen molar-refractivity contribution in [2.24, 2.45) is 0 Å². The van der Waals surface area contributed by atoms with Crippen molar-refractivity contribution >= 4 is 38.9 Å². The maximum atomic E-state index is 6.33. The van der Waals surface area contributed by atoms with E-state index in [-0.39, 0.29) is 0 Å². The molecule has 3 aromatic carbocycles. The first-order valence-corrected chi connectivity index (χ1v) is 12.3. The molecule has 6 heteroatoms. The monoisotopic (exact) mass is 483 g/mol. The Morgan fingerprint density at radius 1 is 0.757 bits per heavy atom. The van der Waals surface area contributed by atoms with E-state index in [0.29, 0.717) is 5.88 Å². The maximum Gasteiger partial charge on any atom is 0.221 e. The van der Waals surface area contributed by atoms with Crippen molar-refractivity contribution in [3.63, 3.8) is 0 Å². The van der Waals surface area contributed by atoms with Gasteiger partial charge >= 0.3 is 0 Å². The molecule has 0 N–H and O–H groups in total. The number of fused-ring (bicyclic) bond motifs is 4. The topological polar surface area (TPSA) is 46.4 Å². The van der Waals surface area contributed by atoms with Gasteiger partial charge in [-0.1, -0.05) is 36.4 Å². The number of ether oxygens (including phenoxy) is 1. The van der Waals surface area contributed by atoms with Gasteiger partial charge in [0.2, 0.25) is 5.88 Å². The number of para-hydroxylation sites is 3. The lowest BCUT2D eigenvalue weighted by Crippen LogP contribution is -2.23. The molecule has 180 valence electrons. The van der Waals surface area contributed by atoms with E-state index in [1.165, 1.54) is 16.8 Å². The van der Waals surface area contributed by atoms with E-state index in [1.807, 2.05) is 43.3 Å². The van der Waals surface area contributed by atoms with Crippen molar-refractivity contribution in [2.75, 3.05) is 23.5 Å². The summed E-state index contributed by atoms with van der Waals surface area (Å²) in [4.78, 5) is 13.8. The van der Waals surface area contributed by atoms with Crippen LogP contribution in [0.4, 0.5) is 17.1 Å². The van der Waals surface area contributed by atoms with Crippen LogP contribution in [0.2, 0.25) is 0 Å². The van der Waals surface area contributed by atoms with Crippen LogP contribution >= 0.6 is 0 Å². The van der Waals surface area contributed by atoms with Crippen molar-refractivity contribution in [3.8, 4) is 17.4 Å². The zero-order valence-corrected chi connectivity index (χ0v) is 20.7. The molecule has 4 heterocycles. The molecule has 0 fully saturated rings. The summed E-state index contributed by atoms with van der Waals surface area (Å²) < 4.78 is 8.53. The lowest BCUT2D eigenvalue weighted by Gasteiger charge is -2.20. The second-order valence-corrected chi connectivity index (χ2v) is 9.38. The van der Waals surface area contributed by atoms with E-state index in [4.69, 9.17) is 9.72 Å². The Bertz CT molecular complexity index is 1790. The number of anilines is 3. The highest BCUT2D eigenvalue weighted by atomic mass is 16.5. The number of benzene rings is 3. The first-order chi connectivity index (χ1) is 18.2. The van der Waals surface area contributed by atoms with Gasteiger partial charge in [0.05, 0.1) is 29.1 Å². The minimum Gasteiger partial charge on any atom is -0.439 e. The molecule has 7 rings (SSSR count). The normalized spacial score (nSPS) is 12.9. The summed E-state index contributed by atoms with van der Waals surface area (Å²) in [6.45, 7) is 2.79. The summed E-state index contributed by atoms with van der Waals surface area (Å²) in [6, 6.07) is 33.2. The van der Waals surface area contributed by atoms with E-state index in [9.17, 15) is 0 Å². The highest BCUT2D eigenvalue weighted by molar-refractivity contribution is 6.09. The largest absolute Gasteiger partial charge is 0.439 e. The third kappa shape index (κ3) is 3.57. The van der Waals surface area contributed by atoms with Crippen molar-refractivity contribution < 1.29 is 4.74 Å². The molecule has 0 radical (unpaired) electrons. The van der Waals surface area contributed by atoms with Gasteiger partial charge in [-0.25, -0.2) is 9.97 Å². The maximum absolute atomic E-state index is 6.33. The second-order valence-electron chi connectivity index (χ2n) is 9.38. The van der Waals surface area contributed by atoms with Gasteiger partial charge in [-0.2, -0.15) is 0 Å². The van der Waals surface area contributed by atoms with E-state index in [0.717, 1.165) is 46.0 Å². The molecule has 0 unspecified atom stereocenters. The van der Waals surface area contributed by atoms with Gasteiger partial charge in [-0.15, -0.1) is 0 Å². The van der Waals surface area contributed by atoms with Crippen LogP contribution in [0.5, 0.6) is 11.6 Å². The lowest BCUT2D eigenvalue weighted by atomic mass is 10.1. The van der Waals surface area contributed by atoms with Gasteiger partial charge in [-0.3, -0.25) is 4.57 Å². The second kappa shape index (κ2) is 8.38. The molecule has 1 aliphatic rings. The highest BCUT2D eigenvalue weighted by Crippen LogP contribution is 2.40. The number of aromatic nitrogens is 3. The summed E-state index contributed by atoms with van der Waals surface area (Å²) >= 11 is 0. The fraction of sp³-hybridized carbons (Fsp3) is 0.0968. The van der Waals surface area contributed by atoms with Crippen LogP contribution in [0.25, 0.3) is 27.6 Å². The third-order valence-corrected chi connectivity index (χ3v) is 6.94. The highest BCUT2D eigenvalue weighted by Gasteiger charge is 2.24. The summed E-state index contributed by atoms with van der Waals surface area (Å²) in [5, 5.41) is 2.34. The Morgan fingerprint density at radius 2 is 1.57 bits per heavy atom. The van der Waals surface area contributed by atoms with E-state index < -0.39 is 0 Å². The van der Waals surface area contributed by atoms with Gasteiger partial charge < -0.3 is 14.5 Å². The minimum atomic E-state index is 0.556. The molecule has 37 heavy (non-hydrogen) atoms. The lowest BCUT2D eigenvalue weighted by molar-refractivity contribution is 0.463.